The first-order valence-corrected chi connectivity index (χ1v) is 6.09. The molecule has 17 heavy (non-hydrogen) atoms. The van der Waals surface area contributed by atoms with Gasteiger partial charge in [0.15, 0.2) is 0 Å². The Labute approximate surface area is 102 Å². The molecule has 2 rings (SSSR count). The molecule has 0 aromatic carbocycles. The smallest absolute Gasteiger partial charge is 0.255 e. The maximum absolute atomic E-state index is 12.3. The minimum absolute atomic E-state index is 0.110. The lowest BCUT2D eigenvalue weighted by Gasteiger charge is -2.24. The number of pyridine rings is 1. The van der Waals surface area contributed by atoms with Gasteiger partial charge in [-0.3, -0.25) is 9.78 Å². The van der Waals surface area contributed by atoms with Crippen LogP contribution in [-0.2, 0) is 0 Å². The van der Waals surface area contributed by atoms with Gasteiger partial charge in [0, 0.05) is 31.5 Å². The van der Waals surface area contributed by atoms with E-state index in [1.54, 1.807) is 12.4 Å². The molecular weight excluding hydrogens is 214 g/mol. The van der Waals surface area contributed by atoms with E-state index in [1.165, 1.54) is 0 Å². The van der Waals surface area contributed by atoms with Crippen molar-refractivity contribution in [2.75, 3.05) is 20.1 Å². The van der Waals surface area contributed by atoms with Gasteiger partial charge >= 0.3 is 0 Å². The van der Waals surface area contributed by atoms with Crippen LogP contribution in [0.5, 0.6) is 0 Å². The van der Waals surface area contributed by atoms with E-state index >= 15 is 0 Å². The molecule has 1 aliphatic heterocycles. The summed E-state index contributed by atoms with van der Waals surface area (Å²) in [5.74, 6) is 0.110. The van der Waals surface area contributed by atoms with Crippen LogP contribution < -0.4 is 5.32 Å². The number of aromatic nitrogens is 1. The second-order valence-electron chi connectivity index (χ2n) is 4.60. The third-order valence-electron chi connectivity index (χ3n) is 3.20. The zero-order chi connectivity index (χ0) is 12.3. The molecule has 0 bridgehead atoms. The molecule has 0 spiro atoms. The van der Waals surface area contributed by atoms with Gasteiger partial charge in [-0.1, -0.05) is 0 Å². The summed E-state index contributed by atoms with van der Waals surface area (Å²) >= 11 is 0. The molecule has 92 valence electrons. The Morgan fingerprint density at radius 1 is 1.59 bits per heavy atom. The number of hydrogen-bond acceptors (Lipinski definition) is 3. The highest BCUT2D eigenvalue weighted by atomic mass is 16.2. The quantitative estimate of drug-likeness (QED) is 0.853. The van der Waals surface area contributed by atoms with Crippen LogP contribution in [0.25, 0.3) is 0 Å². The Morgan fingerprint density at radius 2 is 2.41 bits per heavy atom. The van der Waals surface area contributed by atoms with Gasteiger partial charge in [0.25, 0.3) is 5.91 Å². The SMILES string of the molecule is CNC[C@@H]1CCCN1C(=O)c1cncc(C)c1. The number of amides is 1. The van der Waals surface area contributed by atoms with Crippen LogP contribution in [0.1, 0.15) is 28.8 Å². The molecule has 1 aromatic heterocycles. The molecule has 1 aromatic rings. The molecule has 1 saturated heterocycles. The van der Waals surface area contributed by atoms with Crippen LogP contribution in [0.15, 0.2) is 18.5 Å². The van der Waals surface area contributed by atoms with Gasteiger partial charge in [0.2, 0.25) is 0 Å². The van der Waals surface area contributed by atoms with Gasteiger partial charge in [-0.2, -0.15) is 0 Å². The minimum atomic E-state index is 0.110. The zero-order valence-corrected chi connectivity index (χ0v) is 10.4. The van der Waals surface area contributed by atoms with Crippen LogP contribution >= 0.6 is 0 Å². The number of nitrogens with one attached hydrogen (secondary N) is 1. The van der Waals surface area contributed by atoms with Gasteiger partial charge in [-0.05, 0) is 38.4 Å². The molecule has 2 heterocycles. The molecule has 1 N–H and O–H groups in total. The maximum atomic E-state index is 12.3. The van der Waals surface area contributed by atoms with E-state index in [1.807, 2.05) is 24.9 Å². The van der Waals surface area contributed by atoms with Crippen molar-refractivity contribution in [3.8, 4) is 0 Å². The molecule has 1 fully saturated rings. The second kappa shape index (κ2) is 5.27. The Morgan fingerprint density at radius 3 is 3.12 bits per heavy atom. The third-order valence-corrected chi connectivity index (χ3v) is 3.20. The lowest BCUT2D eigenvalue weighted by Crippen LogP contribution is -2.40. The first-order valence-electron chi connectivity index (χ1n) is 6.09. The number of aryl methyl sites for hydroxylation is 1. The monoisotopic (exact) mass is 233 g/mol. The first-order chi connectivity index (χ1) is 8.22. The summed E-state index contributed by atoms with van der Waals surface area (Å²) in [6.07, 6.45) is 5.61. The summed E-state index contributed by atoms with van der Waals surface area (Å²) in [6.45, 7) is 3.68. The highest BCUT2D eigenvalue weighted by Gasteiger charge is 2.28. The highest BCUT2D eigenvalue weighted by Crippen LogP contribution is 2.19. The van der Waals surface area contributed by atoms with Crippen LogP contribution in [0.4, 0.5) is 0 Å². The molecule has 0 aliphatic carbocycles. The van der Waals surface area contributed by atoms with Crippen LogP contribution in [0, 0.1) is 6.92 Å². The van der Waals surface area contributed by atoms with Crippen molar-refractivity contribution in [1.29, 1.82) is 0 Å². The molecule has 0 unspecified atom stereocenters. The number of likely N-dealkylation sites (tertiary alicyclic amines) is 1. The number of likely N-dealkylation sites (N-methyl/N-ethyl adjacent to an activating group) is 1. The summed E-state index contributed by atoms with van der Waals surface area (Å²) in [6, 6.07) is 2.23. The number of carbonyl (C=O) groups is 1. The average molecular weight is 233 g/mol. The lowest BCUT2D eigenvalue weighted by molar-refractivity contribution is 0.0736. The Balaban J connectivity index is 2.14. The molecule has 1 aliphatic rings. The first kappa shape index (κ1) is 12.0. The van der Waals surface area contributed by atoms with Gasteiger partial charge in [0.1, 0.15) is 0 Å². The maximum Gasteiger partial charge on any atom is 0.255 e. The molecule has 1 atom stereocenters. The van der Waals surface area contributed by atoms with Crippen molar-refractivity contribution in [2.24, 2.45) is 0 Å². The van der Waals surface area contributed by atoms with Crippen molar-refractivity contribution in [3.05, 3.63) is 29.6 Å². The number of nitrogens with zero attached hydrogens (tertiary/aromatic N) is 2. The summed E-state index contributed by atoms with van der Waals surface area (Å²) in [5, 5.41) is 3.15. The second-order valence-corrected chi connectivity index (χ2v) is 4.60. The Kier molecular flexibility index (Phi) is 3.74. The molecule has 0 saturated carbocycles. The van der Waals surface area contributed by atoms with E-state index < -0.39 is 0 Å². The summed E-state index contributed by atoms with van der Waals surface area (Å²) in [5.41, 5.74) is 1.73. The lowest BCUT2D eigenvalue weighted by atomic mass is 10.1. The van der Waals surface area contributed by atoms with E-state index in [0.29, 0.717) is 11.6 Å². The number of hydrogen-bond donors (Lipinski definition) is 1. The zero-order valence-electron chi connectivity index (χ0n) is 10.4. The summed E-state index contributed by atoms with van der Waals surface area (Å²) < 4.78 is 0. The van der Waals surface area contributed by atoms with Crippen molar-refractivity contribution in [3.63, 3.8) is 0 Å². The Hall–Kier alpha value is -1.42. The summed E-state index contributed by atoms with van der Waals surface area (Å²) in [7, 11) is 1.93. The van der Waals surface area contributed by atoms with E-state index in [0.717, 1.165) is 31.5 Å². The van der Waals surface area contributed by atoms with Crippen molar-refractivity contribution < 1.29 is 4.79 Å². The fourth-order valence-electron chi connectivity index (χ4n) is 2.39. The topological polar surface area (TPSA) is 45.2 Å². The third kappa shape index (κ3) is 2.64. The van der Waals surface area contributed by atoms with Gasteiger partial charge in [0.05, 0.1) is 5.56 Å². The van der Waals surface area contributed by atoms with Gasteiger partial charge in [-0.25, -0.2) is 0 Å². The summed E-state index contributed by atoms with van der Waals surface area (Å²) in [4.78, 5) is 18.4. The normalized spacial score (nSPS) is 19.6. The average Bonchev–Trinajstić information content (AvgIpc) is 2.77. The van der Waals surface area contributed by atoms with Gasteiger partial charge < -0.3 is 10.2 Å². The predicted molar refractivity (Wildman–Crippen MR) is 67.0 cm³/mol. The molecule has 0 radical (unpaired) electrons. The number of rotatable bonds is 3. The van der Waals surface area contributed by atoms with Crippen LogP contribution in [0.2, 0.25) is 0 Å². The standard InChI is InChI=1S/C13H19N3O/c1-10-6-11(8-15-7-10)13(17)16-5-3-4-12(16)9-14-2/h6-8,12,14H,3-5,9H2,1-2H3/t12-/m0/s1. The van der Waals surface area contributed by atoms with E-state index in [2.05, 4.69) is 10.3 Å². The van der Waals surface area contributed by atoms with Crippen molar-refractivity contribution >= 4 is 5.91 Å². The van der Waals surface area contributed by atoms with Crippen molar-refractivity contribution in [1.82, 2.24) is 15.2 Å². The highest BCUT2D eigenvalue weighted by molar-refractivity contribution is 5.94. The van der Waals surface area contributed by atoms with Crippen LogP contribution in [0.3, 0.4) is 0 Å². The van der Waals surface area contributed by atoms with E-state index in [-0.39, 0.29) is 5.91 Å². The molecule has 4 heteroatoms. The molecule has 4 nitrogen and oxygen atoms in total. The molecule has 1 amide bonds. The largest absolute Gasteiger partial charge is 0.334 e. The van der Waals surface area contributed by atoms with Crippen LogP contribution in [-0.4, -0.2) is 42.0 Å². The fourth-order valence-corrected chi connectivity index (χ4v) is 2.39. The minimum Gasteiger partial charge on any atom is -0.334 e. The predicted octanol–water partition coefficient (Wildman–Crippen LogP) is 1.21. The van der Waals surface area contributed by atoms with E-state index in [9.17, 15) is 4.79 Å². The molecular formula is C13H19N3O. The van der Waals surface area contributed by atoms with Gasteiger partial charge in [-0.15, -0.1) is 0 Å². The van der Waals surface area contributed by atoms with E-state index in [4.69, 9.17) is 0 Å². The fraction of sp³-hybridized carbons (Fsp3) is 0.538. The van der Waals surface area contributed by atoms with Crippen molar-refractivity contribution in [2.45, 2.75) is 25.8 Å². The number of carbonyl (C=O) groups excluding carboxylic acids is 1. The Bertz CT molecular complexity index is 405.